The first kappa shape index (κ1) is 14.7. The van der Waals surface area contributed by atoms with Gasteiger partial charge < -0.3 is 15.0 Å². The second-order valence-electron chi connectivity index (χ2n) is 4.83. The molecule has 1 aromatic heterocycles. The largest absolute Gasteiger partial charge is 0.497 e. The van der Waals surface area contributed by atoms with Crippen LogP contribution in [0.3, 0.4) is 0 Å². The van der Waals surface area contributed by atoms with Crippen molar-refractivity contribution in [2.24, 2.45) is 5.73 Å². The molecule has 0 aliphatic rings. The molecule has 0 aliphatic heterocycles. The Balaban J connectivity index is 2.59. The summed E-state index contributed by atoms with van der Waals surface area (Å²) < 4.78 is 7.17. The van der Waals surface area contributed by atoms with Gasteiger partial charge in [0.2, 0.25) is 5.91 Å². The van der Waals surface area contributed by atoms with Crippen LogP contribution in [0.4, 0.5) is 0 Å². The first-order valence-corrected chi connectivity index (χ1v) is 6.86. The summed E-state index contributed by atoms with van der Waals surface area (Å²) >= 11 is 6.20. The van der Waals surface area contributed by atoms with Crippen molar-refractivity contribution in [2.75, 3.05) is 7.11 Å². The molecule has 1 amide bonds. The van der Waals surface area contributed by atoms with E-state index in [2.05, 4.69) is 4.98 Å². The molecule has 0 fully saturated rings. The summed E-state index contributed by atoms with van der Waals surface area (Å²) in [4.78, 5) is 15.7. The number of nitrogens with zero attached hydrogens (tertiary/aromatic N) is 2. The molecule has 2 atom stereocenters. The molecule has 2 aromatic rings. The van der Waals surface area contributed by atoms with Gasteiger partial charge in [0.1, 0.15) is 11.6 Å². The van der Waals surface area contributed by atoms with E-state index in [1.165, 1.54) is 0 Å². The third kappa shape index (κ3) is 2.72. The Labute approximate surface area is 122 Å². The van der Waals surface area contributed by atoms with Gasteiger partial charge in [0.05, 0.1) is 23.5 Å². The summed E-state index contributed by atoms with van der Waals surface area (Å²) in [5.41, 5.74) is 7.00. The van der Waals surface area contributed by atoms with Crippen LogP contribution in [0.25, 0.3) is 11.0 Å². The fraction of sp³-hybridized carbons (Fsp3) is 0.429. The Morgan fingerprint density at radius 2 is 2.20 bits per heavy atom. The fourth-order valence-electron chi connectivity index (χ4n) is 2.35. The predicted octanol–water partition coefficient (Wildman–Crippen LogP) is 2.78. The van der Waals surface area contributed by atoms with Gasteiger partial charge in [-0.2, -0.15) is 0 Å². The van der Waals surface area contributed by atoms with E-state index >= 15 is 0 Å². The van der Waals surface area contributed by atoms with Crippen molar-refractivity contribution in [1.29, 1.82) is 0 Å². The lowest BCUT2D eigenvalue weighted by atomic mass is 10.2. The number of fused-ring (bicyclic) bond motifs is 1. The highest BCUT2D eigenvalue weighted by molar-refractivity contribution is 6.20. The topological polar surface area (TPSA) is 70.1 Å². The molecule has 0 spiro atoms. The lowest BCUT2D eigenvalue weighted by molar-refractivity contribution is -0.118. The third-order valence-corrected chi connectivity index (χ3v) is 3.41. The number of methoxy groups -OCH3 is 1. The van der Waals surface area contributed by atoms with E-state index in [4.69, 9.17) is 22.1 Å². The molecule has 6 heteroatoms. The van der Waals surface area contributed by atoms with Crippen molar-refractivity contribution in [2.45, 2.75) is 31.7 Å². The second kappa shape index (κ2) is 5.71. The van der Waals surface area contributed by atoms with Gasteiger partial charge in [-0.25, -0.2) is 4.98 Å². The van der Waals surface area contributed by atoms with Crippen LogP contribution in [-0.2, 0) is 4.79 Å². The average Bonchev–Trinajstić information content (AvgIpc) is 2.76. The van der Waals surface area contributed by atoms with E-state index in [0.29, 0.717) is 0 Å². The maximum Gasteiger partial charge on any atom is 0.219 e. The van der Waals surface area contributed by atoms with Gasteiger partial charge in [0.25, 0.3) is 0 Å². The molecule has 108 valence electrons. The molecule has 5 nitrogen and oxygen atoms in total. The van der Waals surface area contributed by atoms with Crippen LogP contribution < -0.4 is 10.5 Å². The zero-order valence-electron chi connectivity index (χ0n) is 11.8. The summed E-state index contributed by atoms with van der Waals surface area (Å²) in [5.74, 6) is 1.11. The number of imidazole rings is 1. The normalized spacial score (nSPS) is 14.2. The van der Waals surface area contributed by atoms with Gasteiger partial charge in [-0.15, -0.1) is 11.6 Å². The average molecular weight is 296 g/mol. The van der Waals surface area contributed by atoms with Crippen LogP contribution in [0.15, 0.2) is 18.2 Å². The number of nitrogens with two attached hydrogens (primary N) is 1. The van der Waals surface area contributed by atoms with Crippen LogP contribution >= 0.6 is 11.6 Å². The van der Waals surface area contributed by atoms with Crippen LogP contribution in [0.2, 0.25) is 0 Å². The van der Waals surface area contributed by atoms with Crippen LogP contribution in [0.5, 0.6) is 5.75 Å². The van der Waals surface area contributed by atoms with Crippen molar-refractivity contribution in [1.82, 2.24) is 9.55 Å². The lowest BCUT2D eigenvalue weighted by Crippen LogP contribution is -2.19. The monoisotopic (exact) mass is 295 g/mol. The van der Waals surface area contributed by atoms with E-state index in [9.17, 15) is 4.79 Å². The van der Waals surface area contributed by atoms with Gasteiger partial charge >= 0.3 is 0 Å². The fourth-order valence-corrected chi connectivity index (χ4v) is 2.50. The van der Waals surface area contributed by atoms with Gasteiger partial charge in [0.15, 0.2) is 0 Å². The first-order chi connectivity index (χ1) is 9.43. The minimum atomic E-state index is -0.346. The zero-order chi connectivity index (χ0) is 14.9. The molecule has 2 N–H and O–H groups in total. The van der Waals surface area contributed by atoms with Crippen molar-refractivity contribution in [3.63, 3.8) is 0 Å². The molecule has 2 unspecified atom stereocenters. The number of amides is 1. The molecule has 0 bridgehead atoms. The van der Waals surface area contributed by atoms with E-state index in [1.54, 1.807) is 7.11 Å². The van der Waals surface area contributed by atoms with E-state index < -0.39 is 0 Å². The number of carbonyl (C=O) groups excluding carboxylic acids is 1. The molecule has 0 saturated heterocycles. The Bertz CT molecular complexity index is 637. The van der Waals surface area contributed by atoms with E-state index in [0.717, 1.165) is 22.6 Å². The quantitative estimate of drug-likeness (QED) is 0.862. The summed E-state index contributed by atoms with van der Waals surface area (Å²) in [6, 6.07) is 5.54. The van der Waals surface area contributed by atoms with Gasteiger partial charge in [0, 0.05) is 18.5 Å². The smallest absolute Gasteiger partial charge is 0.219 e. The minimum Gasteiger partial charge on any atom is -0.497 e. The Morgan fingerprint density at radius 1 is 1.50 bits per heavy atom. The van der Waals surface area contributed by atoms with E-state index in [1.807, 2.05) is 36.6 Å². The van der Waals surface area contributed by atoms with Crippen molar-refractivity contribution < 1.29 is 9.53 Å². The minimum absolute atomic E-state index is 0.0953. The molecule has 0 aliphatic carbocycles. The highest BCUT2D eigenvalue weighted by Crippen LogP contribution is 2.30. The molecule has 20 heavy (non-hydrogen) atoms. The number of alkyl halides is 1. The Hall–Kier alpha value is -1.75. The summed E-state index contributed by atoms with van der Waals surface area (Å²) in [7, 11) is 1.61. The molecular formula is C14H18ClN3O2. The Morgan fingerprint density at radius 3 is 2.75 bits per heavy atom. The molecule has 1 heterocycles. The van der Waals surface area contributed by atoms with Gasteiger partial charge in [-0.05, 0) is 26.0 Å². The van der Waals surface area contributed by atoms with Crippen molar-refractivity contribution in [3.05, 3.63) is 24.0 Å². The SMILES string of the molecule is COc1ccc2c(c1)nc(C(C)Cl)n2C(C)CC(N)=O. The molecule has 2 rings (SSSR count). The second-order valence-corrected chi connectivity index (χ2v) is 5.48. The summed E-state index contributed by atoms with van der Waals surface area (Å²) in [6.07, 6.45) is 0.244. The predicted molar refractivity (Wildman–Crippen MR) is 79.1 cm³/mol. The highest BCUT2D eigenvalue weighted by atomic mass is 35.5. The number of carbonyl (C=O) groups is 1. The summed E-state index contributed by atoms with van der Waals surface area (Å²) in [6.45, 7) is 3.78. The molecular weight excluding hydrogens is 278 g/mol. The number of halogens is 1. The Kier molecular flexibility index (Phi) is 4.18. The van der Waals surface area contributed by atoms with Gasteiger partial charge in [-0.1, -0.05) is 0 Å². The number of ether oxygens (including phenoxy) is 1. The van der Waals surface area contributed by atoms with Gasteiger partial charge in [-0.3, -0.25) is 4.79 Å². The number of rotatable bonds is 5. The summed E-state index contributed by atoms with van der Waals surface area (Å²) in [5, 5.41) is -0.260. The van der Waals surface area contributed by atoms with Crippen molar-refractivity contribution >= 4 is 28.5 Å². The number of benzene rings is 1. The van der Waals surface area contributed by atoms with Crippen LogP contribution in [0.1, 0.15) is 37.5 Å². The number of primary amides is 1. The molecule has 0 saturated carbocycles. The number of aromatic nitrogens is 2. The highest BCUT2D eigenvalue weighted by Gasteiger charge is 2.20. The molecule has 1 aromatic carbocycles. The first-order valence-electron chi connectivity index (χ1n) is 6.42. The third-order valence-electron chi connectivity index (χ3n) is 3.22. The standard InChI is InChI=1S/C14H18ClN3O2/c1-8(6-13(16)19)18-12-5-4-10(20-3)7-11(12)17-14(18)9(2)15/h4-5,7-9H,6H2,1-3H3,(H2,16,19). The number of hydrogen-bond acceptors (Lipinski definition) is 3. The van der Waals surface area contributed by atoms with E-state index in [-0.39, 0.29) is 23.7 Å². The van der Waals surface area contributed by atoms with Crippen LogP contribution in [-0.4, -0.2) is 22.6 Å². The maximum absolute atomic E-state index is 11.2. The number of hydrogen-bond donors (Lipinski definition) is 1. The maximum atomic E-state index is 11.2. The molecule has 0 radical (unpaired) electrons. The van der Waals surface area contributed by atoms with Crippen LogP contribution in [0, 0.1) is 0 Å². The van der Waals surface area contributed by atoms with Crippen molar-refractivity contribution in [3.8, 4) is 5.75 Å². The lowest BCUT2D eigenvalue weighted by Gasteiger charge is -2.17. The zero-order valence-corrected chi connectivity index (χ0v) is 12.5.